The van der Waals surface area contributed by atoms with Gasteiger partial charge in [0.15, 0.2) is 0 Å². The van der Waals surface area contributed by atoms with Gasteiger partial charge in [-0.15, -0.1) is 0 Å². The zero-order valence-corrected chi connectivity index (χ0v) is 8.48. The van der Waals surface area contributed by atoms with E-state index in [4.69, 9.17) is 0 Å². The Hall–Kier alpha value is -0.260. The molecule has 0 spiro atoms. The monoisotopic (exact) mass is 154 g/mol. The summed E-state index contributed by atoms with van der Waals surface area (Å²) in [7, 11) is 0. The van der Waals surface area contributed by atoms with Crippen molar-refractivity contribution in [2.75, 3.05) is 0 Å². The van der Waals surface area contributed by atoms with E-state index in [1.165, 1.54) is 25.7 Å². The summed E-state index contributed by atoms with van der Waals surface area (Å²) in [4.78, 5) is 0. The standard InChI is InChI=1S/C9H16.C2H6/c1-3-9-6-4-8(2)5-7-9;1-2/h6,8H,3-5,7H2,1-2H3;1-2H3. The molecule has 0 bridgehead atoms. The van der Waals surface area contributed by atoms with Gasteiger partial charge < -0.3 is 0 Å². The molecule has 1 atom stereocenters. The molecule has 1 unspecified atom stereocenters. The lowest BCUT2D eigenvalue weighted by molar-refractivity contribution is 0.508. The van der Waals surface area contributed by atoms with Gasteiger partial charge in [0.1, 0.15) is 0 Å². The second-order valence-corrected chi connectivity index (χ2v) is 3.10. The average Bonchev–Trinajstić information content (AvgIpc) is 2.10. The Morgan fingerprint density at radius 2 is 2.09 bits per heavy atom. The molecule has 0 saturated heterocycles. The van der Waals surface area contributed by atoms with Crippen LogP contribution in [0.2, 0.25) is 0 Å². The van der Waals surface area contributed by atoms with Crippen molar-refractivity contribution in [2.24, 2.45) is 5.92 Å². The lowest BCUT2D eigenvalue weighted by atomic mass is 9.90. The highest BCUT2D eigenvalue weighted by atomic mass is 14.1. The highest BCUT2D eigenvalue weighted by molar-refractivity contribution is 5.04. The molecular weight excluding hydrogens is 132 g/mol. The van der Waals surface area contributed by atoms with Gasteiger partial charge in [-0.25, -0.2) is 0 Å². The predicted octanol–water partition coefficient (Wildman–Crippen LogP) is 4.17. The number of allylic oxidation sites excluding steroid dienone is 2. The van der Waals surface area contributed by atoms with Gasteiger partial charge in [-0.2, -0.15) is 0 Å². The molecule has 11 heavy (non-hydrogen) atoms. The molecule has 0 fully saturated rings. The maximum Gasteiger partial charge on any atom is -0.0318 e. The van der Waals surface area contributed by atoms with E-state index in [9.17, 15) is 0 Å². The summed E-state index contributed by atoms with van der Waals surface area (Å²) < 4.78 is 0. The first-order valence-electron chi connectivity index (χ1n) is 5.00. The lowest BCUT2D eigenvalue weighted by Gasteiger charge is -2.16. The molecular formula is C11H22. The van der Waals surface area contributed by atoms with Crippen LogP contribution < -0.4 is 0 Å². The topological polar surface area (TPSA) is 0 Å². The highest BCUT2D eigenvalue weighted by Gasteiger charge is 2.07. The van der Waals surface area contributed by atoms with Crippen LogP contribution in [-0.2, 0) is 0 Å². The van der Waals surface area contributed by atoms with Crippen LogP contribution in [0, 0.1) is 5.92 Å². The number of rotatable bonds is 1. The van der Waals surface area contributed by atoms with Crippen molar-refractivity contribution >= 4 is 0 Å². The van der Waals surface area contributed by atoms with E-state index in [1.807, 2.05) is 13.8 Å². The predicted molar refractivity (Wildman–Crippen MR) is 52.7 cm³/mol. The van der Waals surface area contributed by atoms with Crippen molar-refractivity contribution in [3.05, 3.63) is 11.6 Å². The fourth-order valence-electron chi connectivity index (χ4n) is 1.34. The van der Waals surface area contributed by atoms with E-state index in [-0.39, 0.29) is 0 Å². The molecule has 1 rings (SSSR count). The zero-order valence-electron chi connectivity index (χ0n) is 8.48. The first kappa shape index (κ1) is 10.7. The molecule has 0 aromatic rings. The van der Waals surface area contributed by atoms with E-state index in [0.29, 0.717) is 0 Å². The van der Waals surface area contributed by atoms with Gasteiger partial charge in [0, 0.05) is 0 Å². The van der Waals surface area contributed by atoms with Crippen LogP contribution in [-0.4, -0.2) is 0 Å². The largest absolute Gasteiger partial charge is 0.0851 e. The Morgan fingerprint density at radius 1 is 1.45 bits per heavy atom. The molecule has 66 valence electrons. The highest BCUT2D eigenvalue weighted by Crippen LogP contribution is 2.24. The molecule has 0 aromatic heterocycles. The van der Waals surface area contributed by atoms with Gasteiger partial charge in [-0.3, -0.25) is 0 Å². The third-order valence-corrected chi connectivity index (χ3v) is 2.22. The Morgan fingerprint density at radius 3 is 2.45 bits per heavy atom. The van der Waals surface area contributed by atoms with E-state index in [0.717, 1.165) is 5.92 Å². The molecule has 0 N–H and O–H groups in total. The third kappa shape index (κ3) is 4.23. The molecule has 1 aliphatic carbocycles. The summed E-state index contributed by atoms with van der Waals surface area (Å²) in [5.74, 6) is 0.945. The van der Waals surface area contributed by atoms with Crippen LogP contribution >= 0.6 is 0 Å². The number of hydrogen-bond acceptors (Lipinski definition) is 0. The van der Waals surface area contributed by atoms with Gasteiger partial charge in [-0.05, 0) is 31.6 Å². The molecule has 0 heterocycles. The summed E-state index contributed by atoms with van der Waals surface area (Å²) in [6, 6.07) is 0. The average molecular weight is 154 g/mol. The minimum Gasteiger partial charge on any atom is -0.0851 e. The Balaban J connectivity index is 0.000000461. The van der Waals surface area contributed by atoms with Crippen LogP contribution in [0.1, 0.15) is 53.4 Å². The van der Waals surface area contributed by atoms with Crippen molar-refractivity contribution in [3.63, 3.8) is 0 Å². The molecule has 0 amide bonds. The van der Waals surface area contributed by atoms with Gasteiger partial charge >= 0.3 is 0 Å². The molecule has 0 nitrogen and oxygen atoms in total. The molecule has 0 heteroatoms. The van der Waals surface area contributed by atoms with Crippen molar-refractivity contribution in [3.8, 4) is 0 Å². The third-order valence-electron chi connectivity index (χ3n) is 2.22. The van der Waals surface area contributed by atoms with Crippen LogP contribution in [0.4, 0.5) is 0 Å². The number of hydrogen-bond donors (Lipinski definition) is 0. The van der Waals surface area contributed by atoms with Crippen molar-refractivity contribution < 1.29 is 0 Å². The normalized spacial score (nSPS) is 23.3. The molecule has 0 radical (unpaired) electrons. The molecule has 0 aromatic carbocycles. The quantitative estimate of drug-likeness (QED) is 0.497. The summed E-state index contributed by atoms with van der Waals surface area (Å²) in [5, 5.41) is 0. The van der Waals surface area contributed by atoms with Gasteiger partial charge in [-0.1, -0.05) is 39.3 Å². The first-order valence-corrected chi connectivity index (χ1v) is 5.00. The molecule has 1 aliphatic rings. The van der Waals surface area contributed by atoms with Crippen LogP contribution in [0.15, 0.2) is 11.6 Å². The van der Waals surface area contributed by atoms with Crippen molar-refractivity contribution in [1.82, 2.24) is 0 Å². The van der Waals surface area contributed by atoms with Crippen molar-refractivity contribution in [1.29, 1.82) is 0 Å². The van der Waals surface area contributed by atoms with E-state index in [2.05, 4.69) is 19.9 Å². The van der Waals surface area contributed by atoms with Crippen LogP contribution in [0.25, 0.3) is 0 Å². The Kier molecular flexibility index (Phi) is 6.30. The van der Waals surface area contributed by atoms with E-state index in [1.54, 1.807) is 5.57 Å². The van der Waals surface area contributed by atoms with E-state index < -0.39 is 0 Å². The second-order valence-electron chi connectivity index (χ2n) is 3.10. The fraction of sp³-hybridized carbons (Fsp3) is 0.818. The smallest absolute Gasteiger partial charge is 0.0318 e. The maximum absolute atomic E-state index is 2.42. The summed E-state index contributed by atoms with van der Waals surface area (Å²) in [6.45, 7) is 8.59. The van der Waals surface area contributed by atoms with Crippen LogP contribution in [0.5, 0.6) is 0 Å². The molecule has 0 aliphatic heterocycles. The summed E-state index contributed by atoms with van der Waals surface area (Å²) in [5.41, 5.74) is 1.67. The van der Waals surface area contributed by atoms with E-state index >= 15 is 0 Å². The Bertz CT molecular complexity index is 111. The minimum absolute atomic E-state index is 0.945. The fourth-order valence-corrected chi connectivity index (χ4v) is 1.34. The van der Waals surface area contributed by atoms with Crippen LogP contribution in [0.3, 0.4) is 0 Å². The van der Waals surface area contributed by atoms with Gasteiger partial charge in [0.2, 0.25) is 0 Å². The first-order chi connectivity index (χ1) is 5.33. The Labute approximate surface area is 71.7 Å². The maximum atomic E-state index is 2.42. The minimum atomic E-state index is 0.945. The summed E-state index contributed by atoms with van der Waals surface area (Å²) >= 11 is 0. The lowest BCUT2D eigenvalue weighted by Crippen LogP contribution is -2.00. The SMILES string of the molecule is CC.CCC1=CCC(C)CC1. The summed E-state index contributed by atoms with van der Waals surface area (Å²) in [6.07, 6.45) is 7.79. The van der Waals surface area contributed by atoms with Gasteiger partial charge in [0.05, 0.1) is 0 Å². The van der Waals surface area contributed by atoms with Crippen molar-refractivity contribution in [2.45, 2.75) is 53.4 Å². The zero-order chi connectivity index (χ0) is 8.69. The molecule has 0 saturated carbocycles. The van der Waals surface area contributed by atoms with Gasteiger partial charge in [0.25, 0.3) is 0 Å². The second kappa shape index (κ2) is 6.45.